The van der Waals surface area contributed by atoms with Gasteiger partial charge >= 0.3 is 6.03 Å². The van der Waals surface area contributed by atoms with Gasteiger partial charge in [0.15, 0.2) is 0 Å². The number of rotatable bonds is 5. The van der Waals surface area contributed by atoms with Crippen molar-refractivity contribution in [3.63, 3.8) is 0 Å². The number of carbonyl (C=O) groups excluding carboxylic acids is 1. The molecule has 2 heterocycles. The Bertz CT molecular complexity index is 935. The van der Waals surface area contributed by atoms with Crippen LogP contribution in [0.15, 0.2) is 42.6 Å². The molecule has 2 amide bonds. The molecular formula is C25H31N5O. The lowest BCUT2D eigenvalue weighted by molar-refractivity contribution is 0.230. The molecule has 6 nitrogen and oxygen atoms in total. The summed E-state index contributed by atoms with van der Waals surface area (Å²) in [4.78, 5) is 19.2. The average molecular weight is 418 g/mol. The topological polar surface area (TPSA) is 81.0 Å². The lowest BCUT2D eigenvalue weighted by Gasteiger charge is -2.34. The molecule has 2 aliphatic rings. The van der Waals surface area contributed by atoms with E-state index in [1.54, 1.807) is 12.3 Å². The normalized spacial score (nSPS) is 18.4. The molecule has 162 valence electrons. The number of pyridine rings is 1. The van der Waals surface area contributed by atoms with Crippen LogP contribution in [-0.2, 0) is 5.41 Å². The van der Waals surface area contributed by atoms with Crippen molar-refractivity contribution in [1.29, 1.82) is 5.26 Å². The highest BCUT2D eigenvalue weighted by atomic mass is 16.2. The molecule has 1 aliphatic heterocycles. The third-order valence-corrected chi connectivity index (χ3v) is 6.81. The lowest BCUT2D eigenvalue weighted by atomic mass is 9.78. The lowest BCUT2D eigenvalue weighted by Crippen LogP contribution is -2.50. The molecule has 2 fully saturated rings. The van der Waals surface area contributed by atoms with E-state index < -0.39 is 0 Å². The fourth-order valence-corrected chi connectivity index (χ4v) is 4.97. The maximum absolute atomic E-state index is 12.7. The third kappa shape index (κ3) is 4.99. The van der Waals surface area contributed by atoms with E-state index >= 15 is 0 Å². The van der Waals surface area contributed by atoms with Crippen molar-refractivity contribution in [3.8, 4) is 6.07 Å². The van der Waals surface area contributed by atoms with Crippen molar-refractivity contribution in [2.75, 3.05) is 24.5 Å². The van der Waals surface area contributed by atoms with Crippen LogP contribution in [0.1, 0.15) is 55.2 Å². The van der Waals surface area contributed by atoms with Gasteiger partial charge in [0.25, 0.3) is 0 Å². The molecule has 0 atom stereocenters. The van der Waals surface area contributed by atoms with Crippen LogP contribution in [0, 0.1) is 18.3 Å². The van der Waals surface area contributed by atoms with Gasteiger partial charge in [-0.05, 0) is 50.3 Å². The van der Waals surface area contributed by atoms with E-state index in [1.165, 1.54) is 24.0 Å². The van der Waals surface area contributed by atoms with Crippen LogP contribution in [0.4, 0.5) is 10.6 Å². The number of hydrogen-bond acceptors (Lipinski definition) is 4. The minimum atomic E-state index is -0.0612. The number of aryl methyl sites for hydroxylation is 1. The molecule has 31 heavy (non-hydrogen) atoms. The van der Waals surface area contributed by atoms with Crippen molar-refractivity contribution in [3.05, 3.63) is 59.3 Å². The maximum atomic E-state index is 12.7. The van der Waals surface area contributed by atoms with Gasteiger partial charge in [0.05, 0.1) is 5.56 Å². The van der Waals surface area contributed by atoms with Gasteiger partial charge in [-0.1, -0.05) is 42.7 Å². The smallest absolute Gasteiger partial charge is 0.315 e. The predicted molar refractivity (Wildman–Crippen MR) is 122 cm³/mol. The van der Waals surface area contributed by atoms with Crippen molar-refractivity contribution >= 4 is 11.8 Å². The van der Waals surface area contributed by atoms with E-state index in [4.69, 9.17) is 5.26 Å². The van der Waals surface area contributed by atoms with Crippen molar-refractivity contribution in [1.82, 2.24) is 15.6 Å². The van der Waals surface area contributed by atoms with Gasteiger partial charge in [-0.3, -0.25) is 0 Å². The highest BCUT2D eigenvalue weighted by Gasteiger charge is 2.36. The van der Waals surface area contributed by atoms with Gasteiger partial charge in [-0.2, -0.15) is 5.26 Å². The molecule has 4 rings (SSSR count). The quantitative estimate of drug-likeness (QED) is 0.769. The summed E-state index contributed by atoms with van der Waals surface area (Å²) in [6.07, 6.45) is 8.09. The standard InChI is InChI=1S/C25H31N5O/c1-19-5-4-6-21(15-19)25(11-2-3-12-25)18-28-24(31)29-22-9-13-30(14-10-22)23-8-7-20(16-26)17-27-23/h4-8,15,17,22H,2-3,9-14,18H2,1H3,(H2,28,29,31). The van der Waals surface area contributed by atoms with Crippen LogP contribution in [0.2, 0.25) is 0 Å². The summed E-state index contributed by atoms with van der Waals surface area (Å²) in [5.41, 5.74) is 3.27. The molecular weight excluding hydrogens is 386 g/mol. The Morgan fingerprint density at radius 3 is 2.65 bits per heavy atom. The summed E-state index contributed by atoms with van der Waals surface area (Å²) in [5.74, 6) is 0.892. The number of urea groups is 1. The monoisotopic (exact) mass is 417 g/mol. The number of aromatic nitrogens is 1. The summed E-state index contributed by atoms with van der Waals surface area (Å²) >= 11 is 0. The van der Waals surface area contributed by atoms with Gasteiger partial charge in [0.1, 0.15) is 11.9 Å². The molecule has 0 radical (unpaired) electrons. The molecule has 1 aromatic heterocycles. The number of nitrogens with zero attached hydrogens (tertiary/aromatic N) is 3. The van der Waals surface area contributed by atoms with E-state index in [1.807, 2.05) is 6.07 Å². The molecule has 0 unspecified atom stereocenters. The first-order valence-corrected chi connectivity index (χ1v) is 11.3. The molecule has 1 aromatic carbocycles. The molecule has 2 N–H and O–H groups in total. The molecule has 6 heteroatoms. The van der Waals surface area contributed by atoms with Gasteiger partial charge < -0.3 is 15.5 Å². The maximum Gasteiger partial charge on any atom is 0.315 e. The minimum absolute atomic E-state index is 0.0612. The predicted octanol–water partition coefficient (Wildman–Crippen LogP) is 4.04. The third-order valence-electron chi connectivity index (χ3n) is 6.81. The summed E-state index contributed by atoms with van der Waals surface area (Å²) < 4.78 is 0. The van der Waals surface area contributed by atoms with E-state index in [-0.39, 0.29) is 17.5 Å². The SMILES string of the molecule is Cc1cccc(C2(CNC(=O)NC3CCN(c4ccc(C#N)cn4)CC3)CCCC2)c1. The number of nitriles is 1. The Kier molecular flexibility index (Phi) is 6.41. The van der Waals surface area contributed by atoms with Crippen LogP contribution in [0.25, 0.3) is 0 Å². The zero-order valence-corrected chi connectivity index (χ0v) is 18.2. The second-order valence-corrected chi connectivity index (χ2v) is 8.96. The summed E-state index contributed by atoms with van der Waals surface area (Å²) in [5, 5.41) is 15.3. The van der Waals surface area contributed by atoms with Gasteiger partial charge in [-0.15, -0.1) is 0 Å². The Hall–Kier alpha value is -3.07. The van der Waals surface area contributed by atoms with E-state index in [2.05, 4.69) is 57.8 Å². The number of nitrogens with one attached hydrogen (secondary N) is 2. The van der Waals surface area contributed by atoms with Crippen LogP contribution in [0.5, 0.6) is 0 Å². The zero-order chi connectivity index (χ0) is 21.7. The molecule has 1 aliphatic carbocycles. The molecule has 1 saturated heterocycles. The van der Waals surface area contributed by atoms with E-state index in [0.717, 1.165) is 44.6 Å². The first-order valence-electron chi connectivity index (χ1n) is 11.3. The van der Waals surface area contributed by atoms with Crippen LogP contribution < -0.4 is 15.5 Å². The van der Waals surface area contributed by atoms with Crippen LogP contribution >= 0.6 is 0 Å². The van der Waals surface area contributed by atoms with E-state index in [0.29, 0.717) is 12.1 Å². The number of benzene rings is 1. The second-order valence-electron chi connectivity index (χ2n) is 8.96. The number of amides is 2. The van der Waals surface area contributed by atoms with Crippen LogP contribution in [-0.4, -0.2) is 36.7 Å². The molecule has 0 bridgehead atoms. The van der Waals surface area contributed by atoms with Crippen molar-refractivity contribution in [2.24, 2.45) is 0 Å². The van der Waals surface area contributed by atoms with Crippen molar-refractivity contribution < 1.29 is 4.79 Å². The van der Waals surface area contributed by atoms with Crippen LogP contribution in [0.3, 0.4) is 0 Å². The van der Waals surface area contributed by atoms with Crippen molar-refractivity contribution in [2.45, 2.75) is 56.9 Å². The highest BCUT2D eigenvalue weighted by Crippen LogP contribution is 2.40. The van der Waals surface area contributed by atoms with E-state index in [9.17, 15) is 4.79 Å². The second kappa shape index (κ2) is 9.38. The van der Waals surface area contributed by atoms with Gasteiger partial charge in [-0.25, -0.2) is 9.78 Å². The van der Waals surface area contributed by atoms with Gasteiger partial charge in [0, 0.05) is 37.3 Å². The first kappa shape index (κ1) is 21.2. The summed E-state index contributed by atoms with van der Waals surface area (Å²) in [6.45, 7) is 4.51. The Labute approximate surface area is 184 Å². The number of carbonyl (C=O) groups is 1. The fraction of sp³-hybridized carbons (Fsp3) is 0.480. The molecule has 2 aromatic rings. The number of anilines is 1. The Morgan fingerprint density at radius 2 is 2.00 bits per heavy atom. The highest BCUT2D eigenvalue weighted by molar-refractivity contribution is 5.74. The Balaban J connectivity index is 1.28. The Morgan fingerprint density at radius 1 is 1.23 bits per heavy atom. The largest absolute Gasteiger partial charge is 0.356 e. The summed E-state index contributed by atoms with van der Waals surface area (Å²) in [7, 11) is 0. The fourth-order valence-electron chi connectivity index (χ4n) is 4.97. The summed E-state index contributed by atoms with van der Waals surface area (Å²) in [6, 6.07) is 14.7. The molecule has 1 saturated carbocycles. The average Bonchev–Trinajstić information content (AvgIpc) is 3.29. The number of piperidine rings is 1. The zero-order valence-electron chi connectivity index (χ0n) is 18.2. The first-order chi connectivity index (χ1) is 15.1. The minimum Gasteiger partial charge on any atom is -0.356 e. The molecule has 0 spiro atoms. The van der Waals surface area contributed by atoms with Gasteiger partial charge in [0.2, 0.25) is 0 Å². The number of hydrogen-bond donors (Lipinski definition) is 2.